The fourth-order valence-corrected chi connectivity index (χ4v) is 4.31. The van der Waals surface area contributed by atoms with Crippen LogP contribution in [0.3, 0.4) is 0 Å². The van der Waals surface area contributed by atoms with E-state index in [0.29, 0.717) is 5.92 Å². The number of likely N-dealkylation sites (tertiary alicyclic amines) is 1. The van der Waals surface area contributed by atoms with E-state index in [-0.39, 0.29) is 5.82 Å². The van der Waals surface area contributed by atoms with E-state index in [9.17, 15) is 4.39 Å². The van der Waals surface area contributed by atoms with E-state index < -0.39 is 0 Å². The van der Waals surface area contributed by atoms with Crippen molar-refractivity contribution in [1.29, 1.82) is 0 Å². The van der Waals surface area contributed by atoms with Gasteiger partial charge in [0.05, 0.1) is 6.61 Å². The van der Waals surface area contributed by atoms with E-state index in [0.717, 1.165) is 44.8 Å². The van der Waals surface area contributed by atoms with Crippen molar-refractivity contribution < 1.29 is 9.13 Å². The first kappa shape index (κ1) is 21.0. The van der Waals surface area contributed by atoms with Gasteiger partial charge in [-0.2, -0.15) is 0 Å². The Morgan fingerprint density at radius 2 is 1.47 bits per heavy atom. The molecule has 2 nitrogen and oxygen atoms in total. The minimum absolute atomic E-state index is 0.170. The highest BCUT2D eigenvalue weighted by Gasteiger charge is 2.20. The summed E-state index contributed by atoms with van der Waals surface area (Å²) in [5.74, 6) is 1.36. The van der Waals surface area contributed by atoms with E-state index in [4.69, 9.17) is 4.74 Å². The van der Waals surface area contributed by atoms with Gasteiger partial charge in [0.2, 0.25) is 0 Å². The highest BCUT2D eigenvalue weighted by atomic mass is 32.2. The topological polar surface area (TPSA) is 12.5 Å². The Balaban J connectivity index is 1.23. The molecule has 0 unspecified atom stereocenters. The molecule has 0 bridgehead atoms. The van der Waals surface area contributed by atoms with Gasteiger partial charge >= 0.3 is 0 Å². The van der Waals surface area contributed by atoms with E-state index >= 15 is 0 Å². The lowest BCUT2D eigenvalue weighted by Crippen LogP contribution is -2.35. The zero-order valence-electron chi connectivity index (χ0n) is 17.4. The van der Waals surface area contributed by atoms with Crippen LogP contribution in [0.1, 0.15) is 18.4 Å². The third-order valence-electron chi connectivity index (χ3n) is 5.79. The van der Waals surface area contributed by atoms with Crippen LogP contribution in [0.2, 0.25) is 0 Å². The zero-order chi connectivity index (χ0) is 20.8. The number of benzene rings is 3. The monoisotopic (exact) mass is 421 g/mol. The summed E-state index contributed by atoms with van der Waals surface area (Å²) in [5.41, 5.74) is 3.62. The van der Waals surface area contributed by atoms with Gasteiger partial charge in [0, 0.05) is 11.4 Å². The van der Waals surface area contributed by atoms with Gasteiger partial charge in [0.25, 0.3) is 0 Å². The normalized spacial score (nSPS) is 15.3. The van der Waals surface area contributed by atoms with Crippen molar-refractivity contribution in [2.75, 3.05) is 26.0 Å². The lowest BCUT2D eigenvalue weighted by molar-refractivity contribution is 0.136. The molecule has 0 radical (unpaired) electrons. The highest BCUT2D eigenvalue weighted by molar-refractivity contribution is 7.98. The van der Waals surface area contributed by atoms with Crippen molar-refractivity contribution in [1.82, 2.24) is 4.90 Å². The molecule has 0 spiro atoms. The Kier molecular flexibility index (Phi) is 7.08. The molecule has 0 amide bonds. The van der Waals surface area contributed by atoms with Gasteiger partial charge in [-0.15, -0.1) is 11.8 Å². The Hall–Kier alpha value is -2.30. The van der Waals surface area contributed by atoms with Gasteiger partial charge in [-0.25, -0.2) is 4.39 Å². The van der Waals surface area contributed by atoms with Crippen LogP contribution in [0.5, 0.6) is 5.75 Å². The molecule has 0 N–H and O–H groups in total. The second-order valence-corrected chi connectivity index (χ2v) is 8.79. The van der Waals surface area contributed by atoms with Crippen LogP contribution in [-0.4, -0.2) is 30.9 Å². The largest absolute Gasteiger partial charge is 0.493 e. The SMILES string of the molecule is CSc1ccc(-c2ccc(OCC3CCN(Cc4ccc(F)cc4)CC3)cc2)cc1. The Morgan fingerprint density at radius 1 is 0.867 bits per heavy atom. The van der Waals surface area contributed by atoms with Crippen LogP contribution in [-0.2, 0) is 6.54 Å². The van der Waals surface area contributed by atoms with Gasteiger partial charge in [-0.05, 0) is 91.2 Å². The Morgan fingerprint density at radius 3 is 2.07 bits per heavy atom. The molecule has 3 aromatic carbocycles. The second kappa shape index (κ2) is 10.1. The number of piperidine rings is 1. The fourth-order valence-electron chi connectivity index (χ4n) is 3.90. The van der Waals surface area contributed by atoms with Crippen molar-refractivity contribution in [3.8, 4) is 16.9 Å². The molecule has 1 heterocycles. The molecule has 1 saturated heterocycles. The molecule has 0 aliphatic carbocycles. The van der Waals surface area contributed by atoms with E-state index in [1.807, 2.05) is 12.1 Å². The van der Waals surface area contributed by atoms with Crippen molar-refractivity contribution in [3.63, 3.8) is 0 Å². The maximum absolute atomic E-state index is 13.0. The molecule has 1 aliphatic rings. The van der Waals surface area contributed by atoms with Crippen molar-refractivity contribution in [2.45, 2.75) is 24.3 Å². The summed E-state index contributed by atoms with van der Waals surface area (Å²) in [6.45, 7) is 3.80. The molecule has 1 aliphatic heterocycles. The summed E-state index contributed by atoms with van der Waals surface area (Å²) in [6, 6.07) is 23.9. The van der Waals surface area contributed by atoms with Gasteiger partial charge < -0.3 is 4.74 Å². The number of halogens is 1. The van der Waals surface area contributed by atoms with Crippen LogP contribution in [0, 0.1) is 11.7 Å². The molecule has 0 saturated carbocycles. The lowest BCUT2D eigenvalue weighted by atomic mass is 9.97. The Labute approximate surface area is 183 Å². The summed E-state index contributed by atoms with van der Waals surface area (Å²) in [7, 11) is 0. The van der Waals surface area contributed by atoms with Crippen molar-refractivity contribution in [2.24, 2.45) is 5.92 Å². The second-order valence-electron chi connectivity index (χ2n) is 7.91. The van der Waals surface area contributed by atoms with Crippen LogP contribution < -0.4 is 4.74 Å². The number of thioether (sulfide) groups is 1. The number of nitrogens with zero attached hydrogens (tertiary/aromatic N) is 1. The summed E-state index contributed by atoms with van der Waals surface area (Å²) < 4.78 is 19.1. The molecular formula is C26H28FNOS. The summed E-state index contributed by atoms with van der Waals surface area (Å²) in [6.07, 6.45) is 4.37. The van der Waals surface area contributed by atoms with Crippen molar-refractivity contribution >= 4 is 11.8 Å². The minimum atomic E-state index is -0.170. The molecular weight excluding hydrogens is 393 g/mol. The molecule has 3 aromatic rings. The number of hydrogen-bond donors (Lipinski definition) is 0. The molecule has 0 aromatic heterocycles. The maximum Gasteiger partial charge on any atom is 0.123 e. The van der Waals surface area contributed by atoms with Crippen LogP contribution in [0.15, 0.2) is 77.7 Å². The molecule has 156 valence electrons. The fraction of sp³-hybridized carbons (Fsp3) is 0.308. The molecule has 4 rings (SSSR count). The quantitative estimate of drug-likeness (QED) is 0.404. The summed E-state index contributed by atoms with van der Waals surface area (Å²) >= 11 is 1.76. The van der Waals surface area contributed by atoms with E-state index in [1.165, 1.54) is 21.6 Å². The van der Waals surface area contributed by atoms with Gasteiger partial charge in [0.15, 0.2) is 0 Å². The minimum Gasteiger partial charge on any atom is -0.493 e. The predicted molar refractivity (Wildman–Crippen MR) is 124 cm³/mol. The highest BCUT2D eigenvalue weighted by Crippen LogP contribution is 2.26. The van der Waals surface area contributed by atoms with Gasteiger partial charge in [-0.1, -0.05) is 36.4 Å². The summed E-state index contributed by atoms with van der Waals surface area (Å²) in [5, 5.41) is 0. The molecule has 1 fully saturated rings. The molecule has 4 heteroatoms. The van der Waals surface area contributed by atoms with Gasteiger partial charge in [0.1, 0.15) is 11.6 Å². The smallest absolute Gasteiger partial charge is 0.123 e. The van der Waals surface area contributed by atoms with Crippen LogP contribution >= 0.6 is 11.8 Å². The number of rotatable bonds is 7. The third kappa shape index (κ3) is 5.65. The van der Waals surface area contributed by atoms with Crippen LogP contribution in [0.25, 0.3) is 11.1 Å². The first-order valence-electron chi connectivity index (χ1n) is 10.5. The Bertz CT molecular complexity index is 917. The lowest BCUT2D eigenvalue weighted by Gasteiger charge is -2.31. The molecule has 0 atom stereocenters. The standard InChI is InChI=1S/C26H28FNOS/c1-30-26-12-6-23(7-13-26)22-4-10-25(11-5-22)29-19-21-14-16-28(17-15-21)18-20-2-8-24(27)9-3-20/h2-13,21H,14-19H2,1H3. The third-order valence-corrected chi connectivity index (χ3v) is 6.53. The number of ether oxygens (including phenoxy) is 1. The van der Waals surface area contributed by atoms with E-state index in [2.05, 4.69) is 59.7 Å². The average Bonchev–Trinajstić information content (AvgIpc) is 2.80. The van der Waals surface area contributed by atoms with Gasteiger partial charge in [-0.3, -0.25) is 4.90 Å². The van der Waals surface area contributed by atoms with Crippen LogP contribution in [0.4, 0.5) is 4.39 Å². The van der Waals surface area contributed by atoms with E-state index in [1.54, 1.807) is 23.9 Å². The van der Waals surface area contributed by atoms with Crippen molar-refractivity contribution in [3.05, 3.63) is 84.2 Å². The first-order valence-corrected chi connectivity index (χ1v) is 11.8. The average molecular weight is 422 g/mol. The maximum atomic E-state index is 13.0. The predicted octanol–water partition coefficient (Wildman–Crippen LogP) is 6.51. The zero-order valence-corrected chi connectivity index (χ0v) is 18.2. The number of hydrogen-bond acceptors (Lipinski definition) is 3. The first-order chi connectivity index (χ1) is 14.7. The molecule has 30 heavy (non-hydrogen) atoms. The summed E-state index contributed by atoms with van der Waals surface area (Å²) in [4.78, 5) is 3.73.